The van der Waals surface area contributed by atoms with Gasteiger partial charge in [0, 0.05) is 19.8 Å². The summed E-state index contributed by atoms with van der Waals surface area (Å²) in [6.07, 6.45) is 2.83. The van der Waals surface area contributed by atoms with Crippen molar-refractivity contribution in [2.75, 3.05) is 19.0 Å². The second kappa shape index (κ2) is 5.44. The van der Waals surface area contributed by atoms with Crippen molar-refractivity contribution in [1.82, 2.24) is 24.7 Å². The molecule has 0 radical (unpaired) electrons. The van der Waals surface area contributed by atoms with Gasteiger partial charge in [0.25, 0.3) is 0 Å². The molecular weight excluding hydrogens is 232 g/mol. The Balaban J connectivity index is 2.34. The topological polar surface area (TPSA) is 77.8 Å². The minimum atomic E-state index is 0.282. The number of rotatable bonds is 5. The van der Waals surface area contributed by atoms with E-state index in [1.54, 1.807) is 4.68 Å². The fraction of sp³-hybridized carbons (Fsp3) is 0.455. The van der Waals surface area contributed by atoms with Crippen LogP contribution < -0.4 is 10.1 Å². The maximum Gasteiger partial charge on any atom is 0.321 e. The van der Waals surface area contributed by atoms with Crippen molar-refractivity contribution in [2.45, 2.75) is 13.3 Å². The largest absolute Gasteiger partial charge is 0.467 e. The first-order valence-corrected chi connectivity index (χ1v) is 5.77. The number of nitrogens with zero attached hydrogens (tertiary/aromatic N) is 5. The minimum absolute atomic E-state index is 0.282. The van der Waals surface area contributed by atoms with Gasteiger partial charge in [-0.15, -0.1) is 0 Å². The number of anilines is 1. The van der Waals surface area contributed by atoms with Gasteiger partial charge in [-0.2, -0.15) is 20.1 Å². The van der Waals surface area contributed by atoms with E-state index in [0.717, 1.165) is 13.0 Å². The van der Waals surface area contributed by atoms with Gasteiger partial charge in [-0.1, -0.05) is 6.92 Å². The molecule has 0 bridgehead atoms. The molecule has 0 aliphatic rings. The van der Waals surface area contributed by atoms with Crippen molar-refractivity contribution in [2.24, 2.45) is 7.05 Å². The molecule has 0 aromatic carbocycles. The summed E-state index contributed by atoms with van der Waals surface area (Å²) in [5.74, 6) is 1.01. The molecule has 0 aliphatic carbocycles. The Morgan fingerprint density at radius 1 is 1.33 bits per heavy atom. The average molecular weight is 248 g/mol. The van der Waals surface area contributed by atoms with Crippen LogP contribution in [0.15, 0.2) is 12.3 Å². The lowest BCUT2D eigenvalue weighted by molar-refractivity contribution is 0.379. The maximum absolute atomic E-state index is 5.07. The molecule has 0 fully saturated rings. The number of hydrogen-bond acceptors (Lipinski definition) is 6. The predicted molar refractivity (Wildman–Crippen MR) is 67.4 cm³/mol. The normalized spacial score (nSPS) is 10.4. The molecular formula is C11H16N6O. The van der Waals surface area contributed by atoms with Crippen LogP contribution in [0.2, 0.25) is 0 Å². The lowest BCUT2D eigenvalue weighted by Crippen LogP contribution is -2.07. The van der Waals surface area contributed by atoms with Gasteiger partial charge >= 0.3 is 6.01 Å². The molecule has 0 atom stereocenters. The third-order valence-electron chi connectivity index (χ3n) is 2.27. The second-order valence-corrected chi connectivity index (χ2v) is 3.77. The lowest BCUT2D eigenvalue weighted by Gasteiger charge is -2.06. The summed E-state index contributed by atoms with van der Waals surface area (Å²) in [6.45, 7) is 2.87. The molecule has 7 nitrogen and oxygen atoms in total. The number of aryl methyl sites for hydroxylation is 1. The van der Waals surface area contributed by atoms with Crippen molar-refractivity contribution < 1.29 is 4.74 Å². The van der Waals surface area contributed by atoms with Gasteiger partial charge in [0.1, 0.15) is 5.69 Å². The van der Waals surface area contributed by atoms with E-state index in [-0.39, 0.29) is 6.01 Å². The van der Waals surface area contributed by atoms with E-state index < -0.39 is 0 Å². The summed E-state index contributed by atoms with van der Waals surface area (Å²) in [7, 11) is 3.37. The first kappa shape index (κ1) is 12.3. The highest BCUT2D eigenvalue weighted by atomic mass is 16.5. The molecule has 0 aliphatic heterocycles. The molecule has 7 heteroatoms. The molecule has 0 amide bonds. The summed E-state index contributed by atoms with van der Waals surface area (Å²) in [5.41, 5.74) is 0.692. The summed E-state index contributed by atoms with van der Waals surface area (Å²) in [4.78, 5) is 12.6. The highest BCUT2D eigenvalue weighted by Crippen LogP contribution is 2.16. The maximum atomic E-state index is 5.07. The summed E-state index contributed by atoms with van der Waals surface area (Å²) in [5, 5.41) is 7.37. The van der Waals surface area contributed by atoms with Crippen molar-refractivity contribution in [3.63, 3.8) is 0 Å². The quantitative estimate of drug-likeness (QED) is 0.853. The number of methoxy groups -OCH3 is 1. The van der Waals surface area contributed by atoms with Gasteiger partial charge in [-0.3, -0.25) is 4.68 Å². The van der Waals surface area contributed by atoms with Crippen molar-refractivity contribution in [3.05, 3.63) is 12.3 Å². The first-order chi connectivity index (χ1) is 8.72. The Labute approximate surface area is 105 Å². The van der Waals surface area contributed by atoms with Gasteiger partial charge < -0.3 is 10.1 Å². The summed E-state index contributed by atoms with van der Waals surface area (Å²) >= 11 is 0. The number of hydrogen-bond donors (Lipinski definition) is 1. The summed E-state index contributed by atoms with van der Waals surface area (Å²) in [6, 6.07) is 2.13. The molecule has 0 unspecified atom stereocenters. The van der Waals surface area contributed by atoms with Crippen LogP contribution in [0.5, 0.6) is 6.01 Å². The monoisotopic (exact) mass is 248 g/mol. The molecule has 2 heterocycles. The Morgan fingerprint density at radius 3 is 2.78 bits per heavy atom. The minimum Gasteiger partial charge on any atom is -0.467 e. The average Bonchev–Trinajstić information content (AvgIpc) is 2.82. The van der Waals surface area contributed by atoms with Gasteiger partial charge in [0.05, 0.1) is 7.11 Å². The predicted octanol–water partition coefficient (Wildman–Crippen LogP) is 1.10. The Kier molecular flexibility index (Phi) is 3.71. The van der Waals surface area contributed by atoms with Gasteiger partial charge in [0.15, 0.2) is 5.82 Å². The molecule has 1 N–H and O–H groups in total. The van der Waals surface area contributed by atoms with Gasteiger partial charge in [-0.05, 0) is 12.5 Å². The van der Waals surface area contributed by atoms with Crippen molar-refractivity contribution >= 4 is 5.95 Å². The lowest BCUT2D eigenvalue weighted by atomic mass is 10.4. The molecule has 96 valence electrons. The molecule has 2 rings (SSSR count). The van der Waals surface area contributed by atoms with Crippen molar-refractivity contribution in [3.8, 4) is 17.5 Å². The van der Waals surface area contributed by atoms with Crippen LogP contribution in [-0.4, -0.2) is 38.4 Å². The third-order valence-corrected chi connectivity index (χ3v) is 2.27. The number of nitrogens with one attached hydrogen (secondary N) is 1. The van der Waals surface area contributed by atoms with Gasteiger partial charge in [-0.25, -0.2) is 0 Å². The van der Waals surface area contributed by atoms with Gasteiger partial charge in [0.2, 0.25) is 5.95 Å². The SMILES string of the molecule is CCCNc1nc(OC)nc(-c2ccn(C)n2)n1. The van der Waals surface area contributed by atoms with Crippen LogP contribution in [0, 0.1) is 0 Å². The molecule has 2 aromatic rings. The van der Waals surface area contributed by atoms with E-state index in [9.17, 15) is 0 Å². The third kappa shape index (κ3) is 2.73. The molecule has 0 saturated heterocycles. The number of aromatic nitrogens is 5. The Morgan fingerprint density at radius 2 is 2.17 bits per heavy atom. The fourth-order valence-electron chi connectivity index (χ4n) is 1.41. The van der Waals surface area contributed by atoms with Crippen LogP contribution in [0.3, 0.4) is 0 Å². The second-order valence-electron chi connectivity index (χ2n) is 3.77. The van der Waals surface area contributed by atoms with Crippen LogP contribution in [0.1, 0.15) is 13.3 Å². The van der Waals surface area contributed by atoms with E-state index in [1.165, 1.54) is 7.11 Å². The zero-order valence-electron chi connectivity index (χ0n) is 10.7. The zero-order valence-corrected chi connectivity index (χ0v) is 10.7. The van der Waals surface area contributed by atoms with E-state index in [4.69, 9.17) is 4.74 Å². The van der Waals surface area contributed by atoms with Crippen LogP contribution in [-0.2, 0) is 7.05 Å². The molecule has 0 saturated carbocycles. The smallest absolute Gasteiger partial charge is 0.321 e. The van der Waals surface area contributed by atoms with E-state index in [1.807, 2.05) is 19.3 Å². The van der Waals surface area contributed by atoms with Crippen molar-refractivity contribution in [1.29, 1.82) is 0 Å². The van der Waals surface area contributed by atoms with Crippen LogP contribution in [0.25, 0.3) is 11.5 Å². The standard InChI is InChI=1S/C11H16N6O/c1-4-6-12-10-13-9(14-11(15-10)18-3)8-5-7-17(2)16-8/h5,7H,4,6H2,1-3H3,(H,12,13,14,15). The van der Waals surface area contributed by atoms with E-state index in [2.05, 4.69) is 32.3 Å². The van der Waals surface area contributed by atoms with E-state index in [0.29, 0.717) is 17.5 Å². The fourth-order valence-corrected chi connectivity index (χ4v) is 1.41. The molecule has 18 heavy (non-hydrogen) atoms. The first-order valence-electron chi connectivity index (χ1n) is 5.77. The highest BCUT2D eigenvalue weighted by Gasteiger charge is 2.10. The zero-order chi connectivity index (χ0) is 13.0. The highest BCUT2D eigenvalue weighted by molar-refractivity contribution is 5.50. The summed E-state index contributed by atoms with van der Waals surface area (Å²) < 4.78 is 6.77. The van der Waals surface area contributed by atoms with Crippen LogP contribution >= 0.6 is 0 Å². The Bertz CT molecular complexity index is 524. The van der Waals surface area contributed by atoms with Crippen LogP contribution in [0.4, 0.5) is 5.95 Å². The molecule has 2 aromatic heterocycles. The number of ether oxygens (including phenoxy) is 1. The molecule has 0 spiro atoms. The van der Waals surface area contributed by atoms with E-state index >= 15 is 0 Å². The Hall–Kier alpha value is -2.18.